The molecule has 148 valence electrons. The molecule has 28 heavy (non-hydrogen) atoms. The van der Waals surface area contributed by atoms with Crippen LogP contribution < -0.4 is 11.1 Å². The van der Waals surface area contributed by atoms with Gasteiger partial charge in [0.1, 0.15) is 9.71 Å². The number of amides is 1. The van der Waals surface area contributed by atoms with Crippen LogP contribution in [0.25, 0.3) is 10.2 Å². The van der Waals surface area contributed by atoms with Crippen molar-refractivity contribution in [2.75, 3.05) is 5.73 Å². The molecule has 0 aliphatic rings. The smallest absolute Gasteiger partial charge is 0.408 e. The van der Waals surface area contributed by atoms with Crippen molar-refractivity contribution in [3.63, 3.8) is 0 Å². The van der Waals surface area contributed by atoms with Gasteiger partial charge in [0.05, 0.1) is 29.5 Å². The van der Waals surface area contributed by atoms with Gasteiger partial charge >= 0.3 is 5.25 Å². The second kappa shape index (κ2) is 7.61. The number of nitrogen functional groups attached to an aromatic ring is 1. The molecule has 0 saturated carbocycles. The molecule has 0 spiro atoms. The summed E-state index contributed by atoms with van der Waals surface area (Å²) in [5, 5.41) is 8.31. The van der Waals surface area contributed by atoms with Crippen LogP contribution in [0.5, 0.6) is 0 Å². The summed E-state index contributed by atoms with van der Waals surface area (Å²) in [6.07, 6.45) is 0. The van der Waals surface area contributed by atoms with Gasteiger partial charge in [0.25, 0.3) is 5.91 Å². The summed E-state index contributed by atoms with van der Waals surface area (Å²) in [4.78, 5) is 13.5. The molecule has 0 fully saturated rings. The molecule has 0 saturated heterocycles. The number of aromatic nitrogens is 2. The number of anilines is 1. The number of carbonyl (C=O) groups is 1. The number of halogens is 2. The predicted octanol–water partition coefficient (Wildman–Crippen LogP) is 3.54. The first-order valence-corrected chi connectivity index (χ1v) is 10.2. The lowest BCUT2D eigenvalue weighted by Gasteiger charge is -2.16. The van der Waals surface area contributed by atoms with E-state index in [1.165, 1.54) is 12.1 Å². The van der Waals surface area contributed by atoms with Crippen LogP contribution in [0.4, 0.5) is 14.5 Å². The van der Waals surface area contributed by atoms with Crippen molar-refractivity contribution in [1.29, 1.82) is 0 Å². The van der Waals surface area contributed by atoms with E-state index in [-0.39, 0.29) is 17.3 Å². The number of aryl methyl sites for hydroxylation is 2. The molecular formula is C18H18F2N4O2S2. The maximum Gasteiger partial charge on any atom is 0.408 e. The molecule has 1 aromatic carbocycles. The van der Waals surface area contributed by atoms with Gasteiger partial charge in [0.15, 0.2) is 4.90 Å². The Hall–Kier alpha value is -2.30. The Labute approximate surface area is 167 Å². The van der Waals surface area contributed by atoms with Crippen LogP contribution >= 0.6 is 11.3 Å². The van der Waals surface area contributed by atoms with Crippen LogP contribution in [0.3, 0.4) is 0 Å². The summed E-state index contributed by atoms with van der Waals surface area (Å²) < 4.78 is 38.0. The minimum absolute atomic E-state index is 0.0285. The fraction of sp³-hybridized carbons (Fsp3) is 0.278. The molecule has 0 radical (unpaired) electrons. The molecule has 0 bridgehead atoms. The van der Waals surface area contributed by atoms with Crippen molar-refractivity contribution < 1.29 is 18.1 Å². The Morgan fingerprint density at radius 1 is 1.29 bits per heavy atom. The molecule has 6 nitrogen and oxygen atoms in total. The second-order valence-electron chi connectivity index (χ2n) is 6.34. The monoisotopic (exact) mass is 424 g/mol. The number of hydrogen-bond acceptors (Lipinski definition) is 6. The Morgan fingerprint density at radius 2 is 1.93 bits per heavy atom. The zero-order valence-corrected chi connectivity index (χ0v) is 17.0. The van der Waals surface area contributed by atoms with Crippen LogP contribution in [-0.2, 0) is 17.7 Å². The molecule has 2 aromatic heterocycles. The zero-order chi connectivity index (χ0) is 20.6. The van der Waals surface area contributed by atoms with E-state index >= 15 is 0 Å². The fourth-order valence-electron chi connectivity index (χ4n) is 2.61. The highest BCUT2D eigenvalue weighted by molar-refractivity contribution is 7.92. The van der Waals surface area contributed by atoms with Gasteiger partial charge in [-0.3, -0.25) is 4.79 Å². The second-order valence-corrected chi connectivity index (χ2v) is 9.06. The van der Waals surface area contributed by atoms with Crippen molar-refractivity contribution in [1.82, 2.24) is 15.5 Å². The normalized spacial score (nSPS) is 12.9. The third kappa shape index (κ3) is 3.94. The summed E-state index contributed by atoms with van der Waals surface area (Å²) >= 11 is -1.25. The van der Waals surface area contributed by atoms with E-state index in [9.17, 15) is 18.1 Å². The highest BCUT2D eigenvalue weighted by Gasteiger charge is 2.38. The molecule has 2 heterocycles. The van der Waals surface area contributed by atoms with Crippen molar-refractivity contribution in [3.05, 3.63) is 46.0 Å². The van der Waals surface area contributed by atoms with Crippen molar-refractivity contribution in [2.45, 2.75) is 37.5 Å². The summed E-state index contributed by atoms with van der Waals surface area (Å²) in [7, 11) is 0. The van der Waals surface area contributed by atoms with E-state index in [0.717, 1.165) is 28.0 Å². The van der Waals surface area contributed by atoms with E-state index in [2.05, 4.69) is 15.5 Å². The molecule has 10 heteroatoms. The third-order valence-electron chi connectivity index (χ3n) is 4.26. The van der Waals surface area contributed by atoms with Crippen molar-refractivity contribution in [2.24, 2.45) is 0 Å². The van der Waals surface area contributed by atoms with Gasteiger partial charge in [-0.15, -0.1) is 16.4 Å². The Morgan fingerprint density at radius 3 is 2.54 bits per heavy atom. The van der Waals surface area contributed by atoms with Gasteiger partial charge in [-0.25, -0.2) is 0 Å². The molecule has 1 atom stereocenters. The number of alkyl halides is 2. The number of rotatable bonds is 5. The van der Waals surface area contributed by atoms with Gasteiger partial charge < -0.3 is 15.6 Å². The lowest BCUT2D eigenvalue weighted by Crippen LogP contribution is -2.25. The number of hydrogen-bond donors (Lipinski definition) is 2. The molecule has 1 unspecified atom stereocenters. The first kappa shape index (κ1) is 20.4. The van der Waals surface area contributed by atoms with E-state index in [4.69, 9.17) is 5.73 Å². The fourth-order valence-corrected chi connectivity index (χ4v) is 4.42. The van der Waals surface area contributed by atoms with E-state index in [1.807, 2.05) is 13.8 Å². The standard InChI is InChI=1S/C18H18F2N4O2S2/c1-9-10(2)23-24-17-13(9)14(21)15(27-17)16(25)22-8-11-4-6-12(7-5-11)28(26)18(3,19)20/h4-7H,8,21H2,1-3H3,(H,22,25). The van der Waals surface area contributed by atoms with Gasteiger partial charge in [-0.1, -0.05) is 12.1 Å². The van der Waals surface area contributed by atoms with Gasteiger partial charge in [0.2, 0.25) is 0 Å². The lowest BCUT2D eigenvalue weighted by atomic mass is 10.1. The van der Waals surface area contributed by atoms with Crippen LogP contribution in [-0.4, -0.2) is 25.9 Å². The summed E-state index contributed by atoms with van der Waals surface area (Å²) in [5.41, 5.74) is 8.83. The third-order valence-corrected chi connectivity index (χ3v) is 6.70. The molecule has 3 aromatic rings. The summed E-state index contributed by atoms with van der Waals surface area (Å²) in [5.74, 6) is -0.356. The van der Waals surface area contributed by atoms with E-state index < -0.39 is 16.4 Å². The lowest BCUT2D eigenvalue weighted by molar-refractivity contribution is 0.0955. The number of carbonyl (C=O) groups excluding carboxylic acids is 1. The molecule has 0 aliphatic heterocycles. The van der Waals surface area contributed by atoms with Crippen molar-refractivity contribution >= 4 is 44.3 Å². The predicted molar refractivity (Wildman–Crippen MR) is 106 cm³/mol. The van der Waals surface area contributed by atoms with Crippen LogP contribution in [0, 0.1) is 13.8 Å². The average molecular weight is 424 g/mol. The number of fused-ring (bicyclic) bond motifs is 1. The molecule has 1 amide bonds. The minimum atomic E-state index is -3.31. The maximum absolute atomic E-state index is 13.1. The van der Waals surface area contributed by atoms with Crippen molar-refractivity contribution in [3.8, 4) is 0 Å². The average Bonchev–Trinajstić information content (AvgIpc) is 2.99. The number of nitrogens with one attached hydrogen (secondary N) is 1. The van der Waals surface area contributed by atoms with E-state index in [1.54, 1.807) is 12.1 Å². The minimum Gasteiger partial charge on any atom is -0.607 e. The molecule has 0 aliphatic carbocycles. The number of nitrogens with zero attached hydrogens (tertiary/aromatic N) is 2. The SMILES string of the molecule is Cc1nnc2sc(C(=O)NCc3ccc([S+]([O-])C(C)(F)F)cc3)c(N)c2c1C. The summed E-state index contributed by atoms with van der Waals surface area (Å²) in [6, 6.07) is 5.83. The van der Waals surface area contributed by atoms with Crippen LogP contribution in [0.1, 0.15) is 33.4 Å². The number of benzene rings is 1. The van der Waals surface area contributed by atoms with Crippen LogP contribution in [0.2, 0.25) is 0 Å². The highest BCUT2D eigenvalue weighted by Crippen LogP contribution is 2.34. The first-order valence-electron chi connectivity index (χ1n) is 8.28. The topological polar surface area (TPSA) is 104 Å². The quantitative estimate of drug-likeness (QED) is 0.610. The largest absolute Gasteiger partial charge is 0.607 e. The van der Waals surface area contributed by atoms with Gasteiger partial charge in [0, 0.05) is 11.9 Å². The number of thiophene rings is 1. The number of nitrogens with two attached hydrogens (primary N) is 1. The molecular weight excluding hydrogens is 406 g/mol. The first-order chi connectivity index (χ1) is 13.1. The van der Waals surface area contributed by atoms with Crippen LogP contribution in [0.15, 0.2) is 29.2 Å². The van der Waals surface area contributed by atoms with Gasteiger partial charge in [-0.05, 0) is 37.1 Å². The molecule has 3 rings (SSSR count). The highest BCUT2D eigenvalue weighted by atomic mass is 32.2. The Kier molecular flexibility index (Phi) is 5.55. The Balaban J connectivity index is 1.73. The van der Waals surface area contributed by atoms with Gasteiger partial charge in [-0.2, -0.15) is 13.9 Å². The maximum atomic E-state index is 13.1. The Bertz CT molecular complexity index is 1030. The zero-order valence-electron chi connectivity index (χ0n) is 15.4. The summed E-state index contributed by atoms with van der Waals surface area (Å²) in [6.45, 7) is 4.48. The molecule has 3 N–H and O–H groups in total. The van der Waals surface area contributed by atoms with E-state index in [0.29, 0.717) is 27.9 Å².